The monoisotopic (exact) mass is 282 g/mol. The van der Waals surface area contributed by atoms with Crippen molar-refractivity contribution in [3.8, 4) is 11.6 Å². The standard InChI is InChI=1S/C11H8Cl2N4O/c12-7-2-1-6(5-8(7)13)18-11-9(10(14)15)16-3-4-17-11/h1-5H,(H3,14,15). The quantitative estimate of drug-likeness (QED) is 0.670. The molecule has 1 aromatic carbocycles. The zero-order valence-corrected chi connectivity index (χ0v) is 10.5. The lowest BCUT2D eigenvalue weighted by Crippen LogP contribution is -2.15. The van der Waals surface area contributed by atoms with Crippen LogP contribution in [0, 0.1) is 5.41 Å². The molecule has 2 rings (SSSR count). The van der Waals surface area contributed by atoms with Gasteiger partial charge in [-0.25, -0.2) is 9.97 Å². The Bertz CT molecular complexity index is 603. The Balaban J connectivity index is 2.34. The van der Waals surface area contributed by atoms with Crippen molar-refractivity contribution < 1.29 is 4.74 Å². The molecular formula is C11H8Cl2N4O. The van der Waals surface area contributed by atoms with Crippen LogP contribution in [0.25, 0.3) is 0 Å². The third-order valence-corrected chi connectivity index (χ3v) is 2.76. The first-order chi connectivity index (χ1) is 8.58. The van der Waals surface area contributed by atoms with E-state index in [0.717, 1.165) is 0 Å². The second-order valence-electron chi connectivity index (χ2n) is 3.30. The third-order valence-electron chi connectivity index (χ3n) is 2.03. The van der Waals surface area contributed by atoms with Gasteiger partial charge in [-0.1, -0.05) is 23.2 Å². The fourth-order valence-corrected chi connectivity index (χ4v) is 1.52. The van der Waals surface area contributed by atoms with Crippen molar-refractivity contribution in [2.45, 2.75) is 0 Å². The van der Waals surface area contributed by atoms with E-state index in [9.17, 15) is 0 Å². The largest absolute Gasteiger partial charge is 0.437 e. The summed E-state index contributed by atoms with van der Waals surface area (Å²) in [4.78, 5) is 7.88. The molecule has 0 bridgehead atoms. The first kappa shape index (κ1) is 12.6. The van der Waals surface area contributed by atoms with Crippen LogP contribution in [0.2, 0.25) is 10.0 Å². The van der Waals surface area contributed by atoms with Crippen LogP contribution in [-0.4, -0.2) is 15.8 Å². The molecule has 0 amide bonds. The van der Waals surface area contributed by atoms with Crippen molar-refractivity contribution in [1.29, 1.82) is 5.41 Å². The van der Waals surface area contributed by atoms with Gasteiger partial charge < -0.3 is 10.5 Å². The Hall–Kier alpha value is -1.85. The lowest BCUT2D eigenvalue weighted by molar-refractivity contribution is 0.458. The van der Waals surface area contributed by atoms with E-state index in [-0.39, 0.29) is 17.4 Å². The molecule has 2 aromatic rings. The van der Waals surface area contributed by atoms with E-state index < -0.39 is 0 Å². The summed E-state index contributed by atoms with van der Waals surface area (Å²) < 4.78 is 5.47. The number of nitrogen functional groups attached to an aromatic ring is 1. The Morgan fingerprint density at radius 3 is 2.56 bits per heavy atom. The molecule has 0 aliphatic heterocycles. The van der Waals surface area contributed by atoms with Crippen molar-refractivity contribution in [3.63, 3.8) is 0 Å². The molecule has 7 heteroatoms. The number of nitrogens with two attached hydrogens (primary N) is 1. The summed E-state index contributed by atoms with van der Waals surface area (Å²) in [5.41, 5.74) is 5.55. The second-order valence-corrected chi connectivity index (χ2v) is 4.12. The van der Waals surface area contributed by atoms with Crippen LogP contribution >= 0.6 is 23.2 Å². The maximum Gasteiger partial charge on any atom is 0.249 e. The first-order valence-corrected chi connectivity index (χ1v) is 5.62. The average molecular weight is 283 g/mol. The van der Waals surface area contributed by atoms with Gasteiger partial charge in [-0.15, -0.1) is 0 Å². The highest BCUT2D eigenvalue weighted by molar-refractivity contribution is 6.42. The molecule has 18 heavy (non-hydrogen) atoms. The van der Waals surface area contributed by atoms with Gasteiger partial charge in [-0.05, 0) is 12.1 Å². The summed E-state index contributed by atoms with van der Waals surface area (Å²) in [6.45, 7) is 0. The van der Waals surface area contributed by atoms with Crippen molar-refractivity contribution in [1.82, 2.24) is 9.97 Å². The molecule has 0 radical (unpaired) electrons. The Morgan fingerprint density at radius 2 is 1.89 bits per heavy atom. The van der Waals surface area contributed by atoms with Crippen LogP contribution in [-0.2, 0) is 0 Å². The molecule has 0 aliphatic carbocycles. The Labute approximate surface area is 113 Å². The highest BCUT2D eigenvalue weighted by atomic mass is 35.5. The minimum Gasteiger partial charge on any atom is -0.437 e. The lowest BCUT2D eigenvalue weighted by atomic mass is 10.3. The molecule has 1 aromatic heterocycles. The maximum absolute atomic E-state index is 7.37. The molecule has 0 atom stereocenters. The topological polar surface area (TPSA) is 84.9 Å². The number of hydrogen-bond acceptors (Lipinski definition) is 4. The minimum absolute atomic E-state index is 0.142. The fourth-order valence-electron chi connectivity index (χ4n) is 1.24. The predicted molar refractivity (Wildman–Crippen MR) is 69.6 cm³/mol. The van der Waals surface area contributed by atoms with E-state index in [0.29, 0.717) is 15.8 Å². The smallest absolute Gasteiger partial charge is 0.249 e. The summed E-state index contributed by atoms with van der Waals surface area (Å²) in [5, 5.41) is 8.16. The van der Waals surface area contributed by atoms with E-state index >= 15 is 0 Å². The minimum atomic E-state index is -0.224. The molecule has 0 fully saturated rings. The number of aromatic nitrogens is 2. The summed E-state index contributed by atoms with van der Waals surface area (Å²) in [6, 6.07) is 4.78. The van der Waals surface area contributed by atoms with Crippen LogP contribution < -0.4 is 10.5 Å². The van der Waals surface area contributed by atoms with Crippen LogP contribution in [0.1, 0.15) is 5.69 Å². The Morgan fingerprint density at radius 1 is 1.17 bits per heavy atom. The summed E-state index contributed by atoms with van der Waals surface area (Å²) >= 11 is 11.7. The van der Waals surface area contributed by atoms with Gasteiger partial charge in [0.25, 0.3) is 0 Å². The zero-order chi connectivity index (χ0) is 13.1. The normalized spacial score (nSPS) is 10.1. The van der Waals surface area contributed by atoms with Gasteiger partial charge in [0.2, 0.25) is 5.88 Å². The average Bonchev–Trinajstić information content (AvgIpc) is 2.34. The third kappa shape index (κ3) is 2.69. The van der Waals surface area contributed by atoms with Crippen LogP contribution in [0.3, 0.4) is 0 Å². The van der Waals surface area contributed by atoms with Gasteiger partial charge in [0, 0.05) is 18.5 Å². The molecule has 3 N–H and O–H groups in total. The first-order valence-electron chi connectivity index (χ1n) is 4.86. The summed E-state index contributed by atoms with van der Waals surface area (Å²) in [6.07, 6.45) is 2.87. The van der Waals surface area contributed by atoms with Crippen LogP contribution in [0.4, 0.5) is 0 Å². The summed E-state index contributed by atoms with van der Waals surface area (Å²) in [7, 11) is 0. The number of benzene rings is 1. The molecule has 0 unspecified atom stereocenters. The van der Waals surface area contributed by atoms with E-state index in [1.165, 1.54) is 12.4 Å². The van der Waals surface area contributed by atoms with Crippen molar-refractivity contribution in [2.75, 3.05) is 0 Å². The maximum atomic E-state index is 7.37. The fraction of sp³-hybridized carbons (Fsp3) is 0. The highest BCUT2D eigenvalue weighted by Crippen LogP contribution is 2.29. The van der Waals surface area contributed by atoms with E-state index in [1.54, 1.807) is 18.2 Å². The van der Waals surface area contributed by atoms with Gasteiger partial charge >= 0.3 is 0 Å². The number of amidine groups is 1. The zero-order valence-electron chi connectivity index (χ0n) is 9.02. The van der Waals surface area contributed by atoms with Crippen LogP contribution in [0.15, 0.2) is 30.6 Å². The molecule has 0 saturated carbocycles. The molecule has 5 nitrogen and oxygen atoms in total. The molecule has 0 aliphatic rings. The highest BCUT2D eigenvalue weighted by Gasteiger charge is 2.11. The lowest BCUT2D eigenvalue weighted by Gasteiger charge is -2.08. The number of halogens is 2. The van der Waals surface area contributed by atoms with Gasteiger partial charge in [0.1, 0.15) is 11.6 Å². The number of nitrogens with zero attached hydrogens (tertiary/aromatic N) is 2. The number of nitrogens with one attached hydrogen (secondary N) is 1. The predicted octanol–water partition coefficient (Wildman–Crippen LogP) is 2.86. The SMILES string of the molecule is N=C(N)c1nccnc1Oc1ccc(Cl)c(Cl)c1. The molecular weight excluding hydrogens is 275 g/mol. The van der Waals surface area contributed by atoms with Gasteiger partial charge in [-0.3, -0.25) is 5.41 Å². The second kappa shape index (κ2) is 5.20. The van der Waals surface area contributed by atoms with E-state index in [2.05, 4.69) is 9.97 Å². The van der Waals surface area contributed by atoms with Gasteiger partial charge in [0.15, 0.2) is 5.69 Å². The van der Waals surface area contributed by atoms with Gasteiger partial charge in [0.05, 0.1) is 10.0 Å². The Kier molecular flexibility index (Phi) is 3.64. The number of hydrogen-bond donors (Lipinski definition) is 2. The van der Waals surface area contributed by atoms with Crippen molar-refractivity contribution in [2.24, 2.45) is 5.73 Å². The molecule has 92 valence electrons. The van der Waals surface area contributed by atoms with E-state index in [4.69, 9.17) is 39.1 Å². The number of ether oxygens (including phenoxy) is 1. The molecule has 0 spiro atoms. The number of rotatable bonds is 3. The molecule has 0 saturated heterocycles. The van der Waals surface area contributed by atoms with Gasteiger partial charge in [-0.2, -0.15) is 0 Å². The van der Waals surface area contributed by atoms with Crippen molar-refractivity contribution >= 4 is 29.0 Å². The summed E-state index contributed by atoms with van der Waals surface area (Å²) in [5.74, 6) is 0.356. The van der Waals surface area contributed by atoms with Crippen molar-refractivity contribution in [3.05, 3.63) is 46.3 Å². The van der Waals surface area contributed by atoms with Crippen LogP contribution in [0.5, 0.6) is 11.6 Å². The molecule has 1 heterocycles. The van der Waals surface area contributed by atoms with E-state index in [1.807, 2.05) is 0 Å².